The third-order valence-electron chi connectivity index (χ3n) is 3.73. The molecule has 0 saturated carbocycles. The quantitative estimate of drug-likeness (QED) is 0.738. The van der Waals surface area contributed by atoms with Crippen molar-refractivity contribution in [2.24, 2.45) is 0 Å². The van der Waals surface area contributed by atoms with Gasteiger partial charge in [0, 0.05) is 18.8 Å². The number of hydrogen-bond donors (Lipinski definition) is 0. The largest absolute Gasteiger partial charge is 0.299 e. The van der Waals surface area contributed by atoms with Crippen LogP contribution in [-0.4, -0.2) is 5.78 Å². The van der Waals surface area contributed by atoms with Crippen molar-refractivity contribution in [1.29, 1.82) is 0 Å². The summed E-state index contributed by atoms with van der Waals surface area (Å²) < 4.78 is 0. The molecule has 0 heterocycles. The van der Waals surface area contributed by atoms with E-state index in [0.717, 1.165) is 0 Å². The maximum Gasteiger partial charge on any atom is 0.138 e. The van der Waals surface area contributed by atoms with E-state index in [9.17, 15) is 4.79 Å². The van der Waals surface area contributed by atoms with Gasteiger partial charge in [-0.2, -0.15) is 0 Å². The number of benzene rings is 2. The van der Waals surface area contributed by atoms with Gasteiger partial charge in [-0.1, -0.05) is 54.1 Å². The first-order valence-electron chi connectivity index (χ1n) is 6.40. The highest BCUT2D eigenvalue weighted by Gasteiger charge is 2.25. The lowest BCUT2D eigenvalue weighted by Gasteiger charge is -2.25. The Balaban J connectivity index is 2.07. The minimum absolute atomic E-state index is 0.239. The molecule has 0 aromatic heterocycles. The Morgan fingerprint density at radius 3 is 2.50 bits per heavy atom. The molecule has 90 valence electrons. The number of rotatable bonds is 1. The van der Waals surface area contributed by atoms with Crippen LogP contribution in [-0.2, 0) is 11.2 Å². The van der Waals surface area contributed by atoms with E-state index < -0.39 is 0 Å². The Hall–Kier alpha value is -1.89. The van der Waals surface area contributed by atoms with Crippen molar-refractivity contribution in [2.75, 3.05) is 0 Å². The van der Waals surface area contributed by atoms with E-state index >= 15 is 0 Å². The van der Waals surface area contributed by atoms with Crippen LogP contribution in [0.5, 0.6) is 0 Å². The summed E-state index contributed by atoms with van der Waals surface area (Å²) in [7, 11) is 0. The second kappa shape index (κ2) is 4.41. The molecule has 1 unspecified atom stereocenters. The van der Waals surface area contributed by atoms with Crippen molar-refractivity contribution >= 4 is 5.78 Å². The Bertz CT molecular complexity index is 581. The van der Waals surface area contributed by atoms with Crippen LogP contribution in [0, 0.1) is 6.92 Å². The molecule has 2 aromatic rings. The minimum atomic E-state index is 0.239. The number of carbonyl (C=O) groups is 1. The normalized spacial score (nSPS) is 18.5. The van der Waals surface area contributed by atoms with Crippen LogP contribution in [0.15, 0.2) is 48.5 Å². The molecular weight excluding hydrogens is 220 g/mol. The average molecular weight is 236 g/mol. The molecule has 1 nitrogen and oxygen atoms in total. The highest BCUT2D eigenvalue weighted by Crippen LogP contribution is 2.35. The Morgan fingerprint density at radius 2 is 1.72 bits per heavy atom. The van der Waals surface area contributed by atoms with Gasteiger partial charge in [0.05, 0.1) is 0 Å². The fourth-order valence-corrected chi connectivity index (χ4v) is 2.75. The van der Waals surface area contributed by atoms with Gasteiger partial charge < -0.3 is 0 Å². The third kappa shape index (κ3) is 1.97. The molecule has 1 aliphatic rings. The summed E-state index contributed by atoms with van der Waals surface area (Å²) in [4.78, 5) is 11.9. The van der Waals surface area contributed by atoms with Crippen molar-refractivity contribution in [3.8, 4) is 0 Å². The number of ketones is 1. The molecule has 1 atom stereocenters. The molecule has 0 amide bonds. The summed E-state index contributed by atoms with van der Waals surface area (Å²) >= 11 is 0. The Kier molecular flexibility index (Phi) is 2.75. The van der Waals surface area contributed by atoms with Crippen LogP contribution < -0.4 is 0 Å². The zero-order valence-corrected chi connectivity index (χ0v) is 10.5. The maximum atomic E-state index is 11.9. The molecule has 0 saturated heterocycles. The lowest BCUT2D eigenvalue weighted by molar-refractivity contribution is -0.119. The first-order chi connectivity index (χ1) is 8.74. The van der Waals surface area contributed by atoms with Crippen molar-refractivity contribution in [1.82, 2.24) is 0 Å². The maximum absolute atomic E-state index is 11.9. The van der Waals surface area contributed by atoms with Gasteiger partial charge in [0.2, 0.25) is 0 Å². The predicted molar refractivity (Wildman–Crippen MR) is 72.8 cm³/mol. The minimum Gasteiger partial charge on any atom is -0.299 e. The number of fused-ring (bicyclic) bond motifs is 1. The molecule has 0 radical (unpaired) electrons. The number of aryl methyl sites for hydroxylation is 1. The summed E-state index contributed by atoms with van der Waals surface area (Å²) in [5.41, 5.74) is 5.02. The molecule has 3 rings (SSSR count). The lowest BCUT2D eigenvalue weighted by atomic mass is 9.78. The van der Waals surface area contributed by atoms with Crippen LogP contribution in [0.3, 0.4) is 0 Å². The molecule has 1 aliphatic carbocycles. The Morgan fingerprint density at radius 1 is 1.00 bits per heavy atom. The summed E-state index contributed by atoms with van der Waals surface area (Å²) in [6, 6.07) is 16.9. The van der Waals surface area contributed by atoms with Gasteiger partial charge in [-0.05, 0) is 23.6 Å². The first kappa shape index (κ1) is 11.2. The molecule has 0 spiro atoms. The predicted octanol–water partition coefficient (Wildman–Crippen LogP) is 3.64. The molecule has 1 heteroatoms. The van der Waals surface area contributed by atoms with E-state index in [1.54, 1.807) is 0 Å². The van der Waals surface area contributed by atoms with Crippen molar-refractivity contribution in [3.05, 3.63) is 70.8 Å². The summed E-state index contributed by atoms with van der Waals surface area (Å²) in [5, 5.41) is 0. The molecule has 0 bridgehead atoms. The second-order valence-corrected chi connectivity index (χ2v) is 5.08. The fourth-order valence-electron chi connectivity index (χ4n) is 2.75. The fraction of sp³-hybridized carbons (Fsp3) is 0.235. The molecule has 18 heavy (non-hydrogen) atoms. The van der Waals surface area contributed by atoms with E-state index in [1.165, 1.54) is 22.3 Å². The van der Waals surface area contributed by atoms with Gasteiger partial charge in [-0.25, -0.2) is 0 Å². The number of Topliss-reactive ketones (excluding diaryl/α,β-unsaturated/α-hetero) is 1. The zero-order valence-electron chi connectivity index (χ0n) is 10.5. The standard InChI is InChI=1S/C17H16O/c1-12-6-8-13(9-7-12)17-11-15(18)10-14-4-2-3-5-16(14)17/h2-9,17H,10-11H2,1H3. The van der Waals surface area contributed by atoms with E-state index in [0.29, 0.717) is 18.6 Å². The molecule has 0 fully saturated rings. The van der Waals surface area contributed by atoms with Crippen molar-refractivity contribution in [3.63, 3.8) is 0 Å². The summed E-state index contributed by atoms with van der Waals surface area (Å²) in [5.74, 6) is 0.585. The van der Waals surface area contributed by atoms with Crippen LogP contribution in [0.25, 0.3) is 0 Å². The lowest BCUT2D eigenvalue weighted by Crippen LogP contribution is -2.19. The SMILES string of the molecule is Cc1ccc(C2CC(=O)Cc3ccccc32)cc1. The second-order valence-electron chi connectivity index (χ2n) is 5.08. The average Bonchev–Trinajstić information content (AvgIpc) is 2.38. The third-order valence-corrected chi connectivity index (χ3v) is 3.73. The van der Waals surface area contributed by atoms with E-state index in [4.69, 9.17) is 0 Å². The van der Waals surface area contributed by atoms with E-state index in [2.05, 4.69) is 49.4 Å². The van der Waals surface area contributed by atoms with Gasteiger partial charge >= 0.3 is 0 Å². The smallest absolute Gasteiger partial charge is 0.138 e. The Labute approximate surface area is 107 Å². The van der Waals surface area contributed by atoms with E-state index in [-0.39, 0.29) is 5.92 Å². The highest BCUT2D eigenvalue weighted by molar-refractivity contribution is 5.84. The van der Waals surface area contributed by atoms with E-state index in [1.807, 2.05) is 6.07 Å². The van der Waals surface area contributed by atoms with Crippen LogP contribution in [0.1, 0.15) is 34.6 Å². The van der Waals surface area contributed by atoms with Crippen LogP contribution in [0.2, 0.25) is 0 Å². The molecule has 2 aromatic carbocycles. The van der Waals surface area contributed by atoms with Crippen molar-refractivity contribution < 1.29 is 4.79 Å². The van der Waals surface area contributed by atoms with Gasteiger partial charge in [-0.15, -0.1) is 0 Å². The van der Waals surface area contributed by atoms with Gasteiger partial charge in [0.1, 0.15) is 5.78 Å². The van der Waals surface area contributed by atoms with Crippen LogP contribution in [0.4, 0.5) is 0 Å². The van der Waals surface area contributed by atoms with Crippen molar-refractivity contribution in [2.45, 2.75) is 25.7 Å². The topological polar surface area (TPSA) is 17.1 Å². The highest BCUT2D eigenvalue weighted by atomic mass is 16.1. The summed E-state index contributed by atoms with van der Waals surface area (Å²) in [6.07, 6.45) is 1.23. The summed E-state index contributed by atoms with van der Waals surface area (Å²) in [6.45, 7) is 2.09. The van der Waals surface area contributed by atoms with Crippen LogP contribution >= 0.6 is 0 Å². The number of carbonyl (C=O) groups excluding carboxylic acids is 1. The zero-order chi connectivity index (χ0) is 12.5. The molecular formula is C17H16O. The van der Waals surface area contributed by atoms with Gasteiger partial charge in [-0.3, -0.25) is 4.79 Å². The molecule has 0 aliphatic heterocycles. The monoisotopic (exact) mass is 236 g/mol. The molecule has 0 N–H and O–H groups in total. The van der Waals surface area contributed by atoms with Gasteiger partial charge in [0.15, 0.2) is 0 Å². The first-order valence-corrected chi connectivity index (χ1v) is 6.40. The number of hydrogen-bond acceptors (Lipinski definition) is 1. The van der Waals surface area contributed by atoms with Gasteiger partial charge in [0.25, 0.3) is 0 Å².